The first kappa shape index (κ1) is 17.0. The van der Waals surface area contributed by atoms with Gasteiger partial charge in [-0.15, -0.1) is 0 Å². The molecule has 0 aliphatic heterocycles. The number of benzene rings is 2. The number of rotatable bonds is 5. The number of hydrogen-bond donors (Lipinski definition) is 2. The molecule has 0 amide bonds. The summed E-state index contributed by atoms with van der Waals surface area (Å²) >= 11 is 5.67. The van der Waals surface area contributed by atoms with Crippen LogP contribution in [0.5, 0.6) is 0 Å². The van der Waals surface area contributed by atoms with Crippen LogP contribution in [0.4, 0.5) is 4.39 Å². The monoisotopic (exact) mass is 366 g/mol. The van der Waals surface area contributed by atoms with Crippen LogP contribution in [0.25, 0.3) is 10.9 Å². The molecule has 3 aromatic rings. The molecule has 1 aromatic heterocycles. The maximum absolute atomic E-state index is 13.2. The fraction of sp³-hybridized carbons (Fsp3) is 0.176. The molecule has 4 nitrogen and oxygen atoms in total. The van der Waals surface area contributed by atoms with E-state index in [1.165, 1.54) is 6.07 Å². The first-order chi connectivity index (χ1) is 11.4. The van der Waals surface area contributed by atoms with E-state index in [9.17, 15) is 12.8 Å². The Morgan fingerprint density at radius 1 is 1.25 bits per heavy atom. The van der Waals surface area contributed by atoms with E-state index in [2.05, 4.69) is 9.71 Å². The van der Waals surface area contributed by atoms with Gasteiger partial charge in [-0.2, -0.15) is 0 Å². The number of fused-ring (bicyclic) bond motifs is 1. The fourth-order valence-corrected chi connectivity index (χ4v) is 4.16. The number of aromatic nitrogens is 1. The van der Waals surface area contributed by atoms with Gasteiger partial charge < -0.3 is 4.98 Å². The lowest BCUT2D eigenvalue weighted by Crippen LogP contribution is -2.34. The molecule has 2 N–H and O–H groups in total. The SMILES string of the molecule is CC(Cc1c[nH]c2ccccc12)NS(=O)(=O)c1ccc(F)c(Cl)c1. The number of hydrogen-bond acceptors (Lipinski definition) is 2. The van der Waals surface area contributed by atoms with Crippen molar-refractivity contribution in [2.75, 3.05) is 0 Å². The van der Waals surface area contributed by atoms with Crippen molar-refractivity contribution in [2.45, 2.75) is 24.3 Å². The van der Waals surface area contributed by atoms with Crippen molar-refractivity contribution >= 4 is 32.5 Å². The molecular weight excluding hydrogens is 351 g/mol. The van der Waals surface area contributed by atoms with Gasteiger partial charge in [-0.05, 0) is 43.2 Å². The summed E-state index contributed by atoms with van der Waals surface area (Å²) in [5, 5.41) is 0.843. The van der Waals surface area contributed by atoms with Crippen LogP contribution >= 0.6 is 11.6 Å². The van der Waals surface area contributed by atoms with Gasteiger partial charge in [-0.25, -0.2) is 17.5 Å². The molecule has 1 unspecified atom stereocenters. The molecule has 0 saturated heterocycles. The second-order valence-corrected chi connectivity index (χ2v) is 7.78. The Bertz CT molecular complexity index is 985. The standard InChI is InChI=1S/C17H16ClFN2O2S/c1-11(8-12-10-20-17-5-3-2-4-14(12)17)21-24(22,23)13-6-7-16(19)15(18)9-13/h2-7,9-11,20-21H,8H2,1H3. The van der Waals surface area contributed by atoms with Crippen molar-refractivity contribution < 1.29 is 12.8 Å². The first-order valence-electron chi connectivity index (χ1n) is 7.39. The van der Waals surface area contributed by atoms with Crippen LogP contribution in [-0.2, 0) is 16.4 Å². The highest BCUT2D eigenvalue weighted by Crippen LogP contribution is 2.21. The summed E-state index contributed by atoms with van der Waals surface area (Å²) in [6.07, 6.45) is 2.41. The van der Waals surface area contributed by atoms with Crippen molar-refractivity contribution in [2.24, 2.45) is 0 Å². The average molecular weight is 367 g/mol. The predicted molar refractivity (Wildman–Crippen MR) is 93.2 cm³/mol. The highest BCUT2D eigenvalue weighted by atomic mass is 35.5. The maximum Gasteiger partial charge on any atom is 0.240 e. The largest absolute Gasteiger partial charge is 0.361 e. The van der Waals surface area contributed by atoms with Crippen LogP contribution in [-0.4, -0.2) is 19.4 Å². The van der Waals surface area contributed by atoms with Crippen molar-refractivity contribution in [1.29, 1.82) is 0 Å². The number of aromatic amines is 1. The number of sulfonamides is 1. The zero-order valence-corrected chi connectivity index (χ0v) is 14.5. The first-order valence-corrected chi connectivity index (χ1v) is 9.25. The topological polar surface area (TPSA) is 62.0 Å². The predicted octanol–water partition coefficient (Wildman–Crippen LogP) is 3.87. The van der Waals surface area contributed by atoms with Gasteiger partial charge >= 0.3 is 0 Å². The zero-order chi connectivity index (χ0) is 17.3. The molecule has 0 fully saturated rings. The molecule has 7 heteroatoms. The third kappa shape index (κ3) is 3.45. The molecule has 24 heavy (non-hydrogen) atoms. The van der Waals surface area contributed by atoms with Crippen molar-refractivity contribution in [3.05, 3.63) is 65.1 Å². The number of halogens is 2. The van der Waals surface area contributed by atoms with E-state index in [-0.39, 0.29) is 16.0 Å². The minimum atomic E-state index is -3.77. The van der Waals surface area contributed by atoms with E-state index in [0.29, 0.717) is 6.42 Å². The molecule has 0 radical (unpaired) electrons. The summed E-state index contributed by atoms with van der Waals surface area (Å²) in [5.74, 6) is -0.651. The van der Waals surface area contributed by atoms with Crippen LogP contribution in [0.15, 0.2) is 53.6 Å². The lowest BCUT2D eigenvalue weighted by atomic mass is 10.1. The second kappa shape index (κ2) is 6.55. The van der Waals surface area contributed by atoms with Gasteiger partial charge in [-0.3, -0.25) is 0 Å². The molecule has 0 bridgehead atoms. The number of nitrogens with one attached hydrogen (secondary N) is 2. The minimum absolute atomic E-state index is 0.0559. The van der Waals surface area contributed by atoms with Crippen LogP contribution in [0.3, 0.4) is 0 Å². The smallest absolute Gasteiger partial charge is 0.240 e. The molecule has 1 heterocycles. The summed E-state index contributed by atoms with van der Waals surface area (Å²) in [7, 11) is -3.77. The highest BCUT2D eigenvalue weighted by molar-refractivity contribution is 7.89. The van der Waals surface area contributed by atoms with Gasteiger partial charge in [0.2, 0.25) is 10.0 Å². The van der Waals surface area contributed by atoms with E-state index in [4.69, 9.17) is 11.6 Å². The molecular formula is C17H16ClFN2O2S. The second-order valence-electron chi connectivity index (χ2n) is 5.66. The van der Waals surface area contributed by atoms with Crippen molar-refractivity contribution in [3.63, 3.8) is 0 Å². The zero-order valence-electron chi connectivity index (χ0n) is 12.9. The van der Waals surface area contributed by atoms with Crippen LogP contribution in [0, 0.1) is 5.82 Å². The Morgan fingerprint density at radius 2 is 2.00 bits per heavy atom. The molecule has 0 aliphatic rings. The number of para-hydroxylation sites is 1. The summed E-state index contributed by atoms with van der Waals surface area (Å²) < 4.78 is 40.6. The molecule has 2 aromatic carbocycles. The lowest BCUT2D eigenvalue weighted by molar-refractivity contribution is 0.559. The molecule has 0 aliphatic carbocycles. The summed E-state index contributed by atoms with van der Waals surface area (Å²) in [5.41, 5.74) is 2.03. The third-order valence-electron chi connectivity index (χ3n) is 3.76. The molecule has 1 atom stereocenters. The van der Waals surface area contributed by atoms with Crippen molar-refractivity contribution in [3.8, 4) is 0 Å². The van der Waals surface area contributed by atoms with Gasteiger partial charge in [0, 0.05) is 23.1 Å². The maximum atomic E-state index is 13.2. The van der Waals surface area contributed by atoms with Gasteiger partial charge in [0.1, 0.15) is 5.82 Å². The molecule has 0 spiro atoms. The Morgan fingerprint density at radius 3 is 2.75 bits per heavy atom. The number of H-pyrrole nitrogens is 1. The van der Waals surface area contributed by atoms with Gasteiger partial charge in [0.25, 0.3) is 0 Å². The fourth-order valence-electron chi connectivity index (χ4n) is 2.65. The Balaban J connectivity index is 1.78. The van der Waals surface area contributed by atoms with Crippen LogP contribution in [0.2, 0.25) is 5.02 Å². The van der Waals surface area contributed by atoms with E-state index in [1.807, 2.05) is 30.5 Å². The summed E-state index contributed by atoms with van der Waals surface area (Å²) in [4.78, 5) is 3.11. The van der Waals surface area contributed by atoms with Gasteiger partial charge in [-0.1, -0.05) is 29.8 Å². The minimum Gasteiger partial charge on any atom is -0.361 e. The molecule has 126 valence electrons. The summed E-state index contributed by atoms with van der Waals surface area (Å²) in [6.45, 7) is 1.78. The van der Waals surface area contributed by atoms with Gasteiger partial charge in [0.05, 0.1) is 9.92 Å². The average Bonchev–Trinajstić information content (AvgIpc) is 2.92. The quantitative estimate of drug-likeness (QED) is 0.720. The molecule has 3 rings (SSSR count). The Hall–Kier alpha value is -1.89. The normalized spacial score (nSPS) is 13.3. The lowest BCUT2D eigenvalue weighted by Gasteiger charge is -2.14. The Kier molecular flexibility index (Phi) is 4.62. The Labute approximate surface area is 144 Å². The third-order valence-corrected chi connectivity index (χ3v) is 5.64. The highest BCUT2D eigenvalue weighted by Gasteiger charge is 2.19. The van der Waals surface area contributed by atoms with E-state index in [1.54, 1.807) is 6.92 Å². The van der Waals surface area contributed by atoms with Gasteiger partial charge in [0.15, 0.2) is 0 Å². The van der Waals surface area contributed by atoms with E-state index < -0.39 is 15.8 Å². The van der Waals surface area contributed by atoms with E-state index in [0.717, 1.165) is 28.6 Å². The van der Waals surface area contributed by atoms with Crippen LogP contribution < -0.4 is 4.72 Å². The van der Waals surface area contributed by atoms with Crippen LogP contribution in [0.1, 0.15) is 12.5 Å². The molecule has 0 saturated carbocycles. The van der Waals surface area contributed by atoms with Crippen molar-refractivity contribution in [1.82, 2.24) is 9.71 Å². The van der Waals surface area contributed by atoms with E-state index >= 15 is 0 Å². The summed E-state index contributed by atoms with van der Waals surface area (Å²) in [6, 6.07) is 10.8.